The van der Waals surface area contributed by atoms with Gasteiger partial charge in [0, 0.05) is 19.6 Å². The minimum atomic E-state index is -0.0269. The summed E-state index contributed by atoms with van der Waals surface area (Å²) in [5, 5.41) is 2.35. The molecule has 0 aliphatic rings. The van der Waals surface area contributed by atoms with Gasteiger partial charge in [-0.05, 0) is 23.8 Å². The van der Waals surface area contributed by atoms with Crippen molar-refractivity contribution in [2.24, 2.45) is 11.7 Å². The maximum absolute atomic E-state index is 12.0. The van der Waals surface area contributed by atoms with Crippen molar-refractivity contribution in [3.63, 3.8) is 0 Å². The Labute approximate surface area is 112 Å². The number of hydrogen-bond acceptors (Lipinski definition) is 3. The Morgan fingerprint density at radius 1 is 1.59 bits per heavy atom. The quantitative estimate of drug-likeness (QED) is 0.897. The molecule has 17 heavy (non-hydrogen) atoms. The summed E-state index contributed by atoms with van der Waals surface area (Å²) in [4.78, 5) is 14.3. The fourth-order valence-corrected chi connectivity index (χ4v) is 2.53. The van der Waals surface area contributed by atoms with Gasteiger partial charge in [-0.15, -0.1) is 11.3 Å². The molecule has 0 aliphatic heterocycles. The number of thiophene rings is 1. The van der Waals surface area contributed by atoms with E-state index >= 15 is 0 Å². The lowest BCUT2D eigenvalue weighted by Gasteiger charge is -2.21. The van der Waals surface area contributed by atoms with Gasteiger partial charge in [-0.1, -0.05) is 25.4 Å². The van der Waals surface area contributed by atoms with Gasteiger partial charge in [0.2, 0.25) is 0 Å². The standard InChI is InChI=1S/C12H19ClN2OS/c1-8(2)10(14)4-6-15(3)12(16)11-9(13)5-7-17-11/h5,7-8,10H,4,6,14H2,1-3H3. The number of carbonyl (C=O) groups is 1. The van der Waals surface area contributed by atoms with Crippen molar-refractivity contribution in [3.8, 4) is 0 Å². The van der Waals surface area contributed by atoms with Gasteiger partial charge >= 0.3 is 0 Å². The van der Waals surface area contributed by atoms with Crippen molar-refractivity contribution in [2.75, 3.05) is 13.6 Å². The van der Waals surface area contributed by atoms with Crippen LogP contribution in [0.3, 0.4) is 0 Å². The van der Waals surface area contributed by atoms with E-state index in [2.05, 4.69) is 13.8 Å². The third kappa shape index (κ3) is 3.98. The average molecular weight is 275 g/mol. The Morgan fingerprint density at radius 2 is 2.24 bits per heavy atom. The van der Waals surface area contributed by atoms with Crippen molar-refractivity contribution in [2.45, 2.75) is 26.3 Å². The Morgan fingerprint density at radius 3 is 2.71 bits per heavy atom. The molecule has 0 spiro atoms. The lowest BCUT2D eigenvalue weighted by molar-refractivity contribution is 0.0794. The van der Waals surface area contributed by atoms with Crippen molar-refractivity contribution in [1.82, 2.24) is 4.90 Å². The molecule has 0 bridgehead atoms. The second kappa shape index (κ2) is 6.38. The van der Waals surface area contributed by atoms with Crippen LogP contribution >= 0.6 is 22.9 Å². The summed E-state index contributed by atoms with van der Waals surface area (Å²) in [6.07, 6.45) is 0.808. The van der Waals surface area contributed by atoms with E-state index < -0.39 is 0 Å². The van der Waals surface area contributed by atoms with E-state index in [1.54, 1.807) is 18.0 Å². The number of amides is 1. The predicted octanol–water partition coefficient (Wildman–Crippen LogP) is 2.85. The van der Waals surface area contributed by atoms with E-state index in [9.17, 15) is 4.79 Å². The molecular weight excluding hydrogens is 256 g/mol. The molecule has 1 aromatic heterocycles. The fraction of sp³-hybridized carbons (Fsp3) is 0.583. The zero-order chi connectivity index (χ0) is 13.0. The summed E-state index contributed by atoms with van der Waals surface area (Å²) >= 11 is 7.30. The van der Waals surface area contributed by atoms with Gasteiger partial charge in [0.15, 0.2) is 0 Å². The first-order valence-electron chi connectivity index (χ1n) is 5.67. The zero-order valence-corrected chi connectivity index (χ0v) is 12.0. The lowest BCUT2D eigenvalue weighted by atomic mass is 10.0. The molecule has 1 unspecified atom stereocenters. The largest absolute Gasteiger partial charge is 0.341 e. The number of hydrogen-bond donors (Lipinski definition) is 1. The first-order valence-corrected chi connectivity index (χ1v) is 6.93. The first kappa shape index (κ1) is 14.5. The van der Waals surface area contributed by atoms with Crippen LogP contribution in [-0.2, 0) is 0 Å². The number of nitrogens with two attached hydrogens (primary N) is 1. The summed E-state index contributed by atoms with van der Waals surface area (Å²) in [5.41, 5.74) is 5.95. The van der Waals surface area contributed by atoms with Gasteiger partial charge in [-0.25, -0.2) is 0 Å². The molecule has 1 aromatic rings. The highest BCUT2D eigenvalue weighted by Gasteiger charge is 2.17. The number of nitrogens with zero attached hydrogens (tertiary/aromatic N) is 1. The molecule has 0 saturated heterocycles. The minimum absolute atomic E-state index is 0.0269. The number of halogens is 1. The van der Waals surface area contributed by atoms with E-state index in [-0.39, 0.29) is 11.9 Å². The second-order valence-electron chi connectivity index (χ2n) is 4.52. The smallest absolute Gasteiger partial charge is 0.265 e. The minimum Gasteiger partial charge on any atom is -0.341 e. The van der Waals surface area contributed by atoms with Crippen LogP contribution in [0.4, 0.5) is 0 Å². The molecule has 96 valence electrons. The van der Waals surface area contributed by atoms with Crippen molar-refractivity contribution >= 4 is 28.8 Å². The average Bonchev–Trinajstić information content (AvgIpc) is 2.70. The third-order valence-electron chi connectivity index (χ3n) is 2.81. The molecule has 0 saturated carbocycles. The highest BCUT2D eigenvalue weighted by Crippen LogP contribution is 2.23. The van der Waals surface area contributed by atoms with Crippen LogP contribution in [-0.4, -0.2) is 30.4 Å². The van der Waals surface area contributed by atoms with Crippen molar-refractivity contribution in [1.29, 1.82) is 0 Å². The van der Waals surface area contributed by atoms with Gasteiger partial charge in [0.05, 0.1) is 5.02 Å². The van der Waals surface area contributed by atoms with E-state index in [0.717, 1.165) is 6.42 Å². The van der Waals surface area contributed by atoms with Crippen LogP contribution in [0.1, 0.15) is 29.9 Å². The fourth-order valence-electron chi connectivity index (χ4n) is 1.40. The van der Waals surface area contributed by atoms with Crippen LogP contribution in [0.15, 0.2) is 11.4 Å². The topological polar surface area (TPSA) is 46.3 Å². The Balaban J connectivity index is 2.51. The molecule has 1 rings (SSSR count). The van der Waals surface area contributed by atoms with Gasteiger partial charge < -0.3 is 10.6 Å². The van der Waals surface area contributed by atoms with Crippen LogP contribution < -0.4 is 5.73 Å². The van der Waals surface area contributed by atoms with E-state index in [4.69, 9.17) is 17.3 Å². The molecule has 0 fully saturated rings. The SMILES string of the molecule is CC(C)C(N)CCN(C)C(=O)c1sccc1Cl. The van der Waals surface area contributed by atoms with Gasteiger partial charge in [-0.2, -0.15) is 0 Å². The van der Waals surface area contributed by atoms with Crippen molar-refractivity contribution < 1.29 is 4.79 Å². The third-order valence-corrected chi connectivity index (χ3v) is 4.14. The van der Waals surface area contributed by atoms with Crippen LogP contribution in [0.2, 0.25) is 5.02 Å². The zero-order valence-electron chi connectivity index (χ0n) is 10.4. The van der Waals surface area contributed by atoms with E-state index in [0.29, 0.717) is 22.4 Å². The predicted molar refractivity (Wildman–Crippen MR) is 73.7 cm³/mol. The summed E-state index contributed by atoms with van der Waals surface area (Å²) in [5.74, 6) is 0.407. The molecule has 2 N–H and O–H groups in total. The maximum atomic E-state index is 12.0. The Hall–Kier alpha value is -0.580. The summed E-state index contributed by atoms with van der Waals surface area (Å²) in [6, 6.07) is 1.87. The van der Waals surface area contributed by atoms with Crippen LogP contribution in [0.25, 0.3) is 0 Å². The molecule has 3 nitrogen and oxygen atoms in total. The van der Waals surface area contributed by atoms with E-state index in [1.807, 2.05) is 5.38 Å². The molecule has 1 heterocycles. The summed E-state index contributed by atoms with van der Waals surface area (Å²) in [7, 11) is 1.78. The molecule has 0 radical (unpaired) electrons. The first-order chi connectivity index (χ1) is 7.93. The van der Waals surface area contributed by atoms with Gasteiger partial charge in [-0.3, -0.25) is 4.79 Å². The number of carbonyl (C=O) groups excluding carboxylic acids is 1. The Kier molecular flexibility index (Phi) is 5.43. The molecule has 1 amide bonds. The van der Waals surface area contributed by atoms with Crippen LogP contribution in [0.5, 0.6) is 0 Å². The van der Waals surface area contributed by atoms with Gasteiger partial charge in [0.1, 0.15) is 4.88 Å². The van der Waals surface area contributed by atoms with Crippen LogP contribution in [0, 0.1) is 5.92 Å². The molecule has 0 aromatic carbocycles. The Bertz CT molecular complexity index is 378. The van der Waals surface area contributed by atoms with Crippen molar-refractivity contribution in [3.05, 3.63) is 21.3 Å². The highest BCUT2D eigenvalue weighted by molar-refractivity contribution is 7.12. The molecule has 0 aliphatic carbocycles. The molecular formula is C12H19ClN2OS. The normalized spacial score (nSPS) is 12.8. The monoisotopic (exact) mass is 274 g/mol. The van der Waals surface area contributed by atoms with Gasteiger partial charge in [0.25, 0.3) is 5.91 Å². The molecule has 5 heteroatoms. The number of rotatable bonds is 5. The summed E-state index contributed by atoms with van der Waals surface area (Å²) in [6.45, 7) is 4.83. The lowest BCUT2D eigenvalue weighted by Crippen LogP contribution is -2.34. The maximum Gasteiger partial charge on any atom is 0.265 e. The highest BCUT2D eigenvalue weighted by atomic mass is 35.5. The summed E-state index contributed by atoms with van der Waals surface area (Å²) < 4.78 is 0. The van der Waals surface area contributed by atoms with E-state index in [1.165, 1.54) is 11.3 Å². The second-order valence-corrected chi connectivity index (χ2v) is 5.84. The molecule has 1 atom stereocenters.